The molecule has 1 aliphatic rings. The maximum Gasteiger partial charge on any atom is 0.0652 e. The lowest BCUT2D eigenvalue weighted by molar-refractivity contribution is -0.0972. The third-order valence-corrected chi connectivity index (χ3v) is 4.34. The molecule has 0 aromatic heterocycles. The summed E-state index contributed by atoms with van der Waals surface area (Å²) in [7, 11) is 1.82. The van der Waals surface area contributed by atoms with E-state index in [-0.39, 0.29) is 5.41 Å². The maximum atomic E-state index is 5.47. The summed E-state index contributed by atoms with van der Waals surface area (Å²) in [5, 5.41) is 3.66. The van der Waals surface area contributed by atoms with Crippen molar-refractivity contribution < 1.29 is 4.74 Å². The van der Waals surface area contributed by atoms with E-state index >= 15 is 0 Å². The Morgan fingerprint density at radius 2 is 2.00 bits per heavy atom. The van der Waals surface area contributed by atoms with Gasteiger partial charge in [0, 0.05) is 18.6 Å². The highest BCUT2D eigenvalue weighted by molar-refractivity contribution is 5.14. The number of rotatable bonds is 6. The summed E-state index contributed by atoms with van der Waals surface area (Å²) in [6, 6.07) is 11.3. The van der Waals surface area contributed by atoms with Crippen LogP contribution in [-0.4, -0.2) is 25.8 Å². The molecule has 0 saturated heterocycles. The highest BCUT2D eigenvalue weighted by atomic mass is 16.5. The Bertz CT molecular complexity index is 361. The van der Waals surface area contributed by atoms with Gasteiger partial charge in [0.1, 0.15) is 0 Å². The van der Waals surface area contributed by atoms with E-state index < -0.39 is 0 Å². The second-order valence-electron chi connectivity index (χ2n) is 5.88. The zero-order chi connectivity index (χ0) is 13.0. The van der Waals surface area contributed by atoms with Gasteiger partial charge in [-0.25, -0.2) is 0 Å². The number of ether oxygens (including phenoxy) is 1. The largest absolute Gasteiger partial charge is 0.381 e. The molecular weight excluding hydrogens is 222 g/mol. The summed E-state index contributed by atoms with van der Waals surface area (Å²) >= 11 is 0. The van der Waals surface area contributed by atoms with Crippen molar-refractivity contribution >= 4 is 0 Å². The summed E-state index contributed by atoms with van der Waals surface area (Å²) in [5.74, 6) is 0. The Labute approximate surface area is 111 Å². The predicted octanol–water partition coefficient (Wildman–Crippen LogP) is 3.02. The lowest BCUT2D eigenvalue weighted by atomic mass is 9.64. The average Bonchev–Trinajstić information content (AvgIpc) is 2.38. The van der Waals surface area contributed by atoms with Crippen LogP contribution < -0.4 is 5.32 Å². The normalized spacial score (nSPS) is 25.7. The Morgan fingerprint density at radius 3 is 2.61 bits per heavy atom. The van der Waals surface area contributed by atoms with Crippen LogP contribution in [0.25, 0.3) is 0 Å². The molecule has 2 nitrogen and oxygen atoms in total. The molecule has 2 atom stereocenters. The van der Waals surface area contributed by atoms with Crippen LogP contribution in [0.15, 0.2) is 30.3 Å². The van der Waals surface area contributed by atoms with Gasteiger partial charge in [-0.3, -0.25) is 0 Å². The van der Waals surface area contributed by atoms with E-state index in [2.05, 4.69) is 49.5 Å². The van der Waals surface area contributed by atoms with Crippen LogP contribution in [0.4, 0.5) is 0 Å². The first kappa shape index (κ1) is 13.6. The van der Waals surface area contributed by atoms with Crippen molar-refractivity contribution in [3.8, 4) is 0 Å². The minimum absolute atomic E-state index is 0.279. The first-order valence-electron chi connectivity index (χ1n) is 6.94. The van der Waals surface area contributed by atoms with Gasteiger partial charge >= 0.3 is 0 Å². The average molecular weight is 247 g/mol. The number of hydrogen-bond acceptors (Lipinski definition) is 2. The van der Waals surface area contributed by atoms with Gasteiger partial charge in [0.15, 0.2) is 0 Å². The molecule has 0 aliphatic heterocycles. The van der Waals surface area contributed by atoms with Crippen molar-refractivity contribution in [2.24, 2.45) is 5.41 Å². The van der Waals surface area contributed by atoms with Crippen LogP contribution in [0, 0.1) is 5.41 Å². The van der Waals surface area contributed by atoms with Gasteiger partial charge < -0.3 is 10.1 Å². The second-order valence-corrected chi connectivity index (χ2v) is 5.88. The summed E-state index contributed by atoms with van der Waals surface area (Å²) < 4.78 is 5.47. The Kier molecular flexibility index (Phi) is 4.41. The lowest BCUT2D eigenvalue weighted by Gasteiger charge is -2.51. The molecule has 1 aromatic rings. The highest BCUT2D eigenvalue weighted by Gasteiger charge is 2.47. The molecule has 1 N–H and O–H groups in total. The Hall–Kier alpha value is -0.860. The van der Waals surface area contributed by atoms with Crippen molar-refractivity contribution in [3.05, 3.63) is 35.9 Å². The molecule has 2 rings (SSSR count). The second kappa shape index (κ2) is 5.85. The topological polar surface area (TPSA) is 21.3 Å². The van der Waals surface area contributed by atoms with Crippen molar-refractivity contribution in [2.75, 3.05) is 13.7 Å². The van der Waals surface area contributed by atoms with Crippen molar-refractivity contribution in [1.29, 1.82) is 0 Å². The number of aryl methyl sites for hydroxylation is 1. The van der Waals surface area contributed by atoms with E-state index in [9.17, 15) is 0 Å². The third kappa shape index (κ3) is 2.93. The summed E-state index contributed by atoms with van der Waals surface area (Å²) in [5.41, 5.74) is 1.71. The number of nitrogens with one attached hydrogen (secondary N) is 1. The van der Waals surface area contributed by atoms with Crippen LogP contribution in [0.3, 0.4) is 0 Å². The molecule has 100 valence electrons. The highest BCUT2D eigenvalue weighted by Crippen LogP contribution is 2.42. The molecule has 2 unspecified atom stereocenters. The van der Waals surface area contributed by atoms with Gasteiger partial charge in [-0.2, -0.15) is 0 Å². The van der Waals surface area contributed by atoms with E-state index in [1.165, 1.54) is 12.0 Å². The van der Waals surface area contributed by atoms with E-state index in [1.54, 1.807) is 0 Å². The summed E-state index contributed by atoms with van der Waals surface area (Å²) in [6.07, 6.45) is 3.93. The summed E-state index contributed by atoms with van der Waals surface area (Å²) in [4.78, 5) is 0. The van der Waals surface area contributed by atoms with Crippen molar-refractivity contribution in [2.45, 2.75) is 45.3 Å². The van der Waals surface area contributed by atoms with E-state index in [0.29, 0.717) is 12.1 Å². The fourth-order valence-electron chi connectivity index (χ4n) is 2.85. The van der Waals surface area contributed by atoms with Crippen molar-refractivity contribution in [3.63, 3.8) is 0 Å². The Balaban J connectivity index is 1.65. The van der Waals surface area contributed by atoms with Gasteiger partial charge in [-0.15, -0.1) is 0 Å². The molecule has 0 bridgehead atoms. The predicted molar refractivity (Wildman–Crippen MR) is 75.7 cm³/mol. The molecule has 0 radical (unpaired) electrons. The van der Waals surface area contributed by atoms with E-state index in [4.69, 9.17) is 4.74 Å². The zero-order valence-electron chi connectivity index (χ0n) is 11.8. The zero-order valence-corrected chi connectivity index (χ0v) is 11.8. The standard InChI is InChI=1S/C16H25NO/c1-16(2)14(12-15(16)18-3)17-11-7-10-13-8-5-4-6-9-13/h4-6,8-9,14-15,17H,7,10-12H2,1-3H3. The fraction of sp³-hybridized carbons (Fsp3) is 0.625. The van der Waals surface area contributed by atoms with E-state index in [1.807, 2.05) is 7.11 Å². The molecule has 1 saturated carbocycles. The number of hydrogen-bond donors (Lipinski definition) is 1. The quantitative estimate of drug-likeness (QED) is 0.780. The van der Waals surface area contributed by atoms with Crippen LogP contribution in [0.1, 0.15) is 32.3 Å². The third-order valence-electron chi connectivity index (χ3n) is 4.34. The number of benzene rings is 1. The molecular formula is C16H25NO. The van der Waals surface area contributed by atoms with Crippen LogP contribution in [0.5, 0.6) is 0 Å². The number of methoxy groups -OCH3 is 1. The summed E-state index contributed by atoms with van der Waals surface area (Å²) in [6.45, 7) is 5.68. The van der Waals surface area contributed by atoms with Gasteiger partial charge in [0.25, 0.3) is 0 Å². The van der Waals surface area contributed by atoms with Crippen molar-refractivity contribution in [1.82, 2.24) is 5.32 Å². The molecule has 1 aromatic carbocycles. The van der Waals surface area contributed by atoms with Gasteiger partial charge in [-0.1, -0.05) is 44.2 Å². The molecule has 0 spiro atoms. The Morgan fingerprint density at radius 1 is 1.28 bits per heavy atom. The first-order chi connectivity index (χ1) is 8.64. The smallest absolute Gasteiger partial charge is 0.0652 e. The minimum Gasteiger partial charge on any atom is -0.381 e. The monoisotopic (exact) mass is 247 g/mol. The van der Waals surface area contributed by atoms with Gasteiger partial charge in [0.05, 0.1) is 6.10 Å². The lowest BCUT2D eigenvalue weighted by Crippen LogP contribution is -2.60. The van der Waals surface area contributed by atoms with Gasteiger partial charge in [0.2, 0.25) is 0 Å². The molecule has 2 heteroatoms. The molecule has 1 fully saturated rings. The molecule has 1 aliphatic carbocycles. The minimum atomic E-state index is 0.279. The maximum absolute atomic E-state index is 5.47. The van der Waals surface area contributed by atoms with Crippen LogP contribution in [-0.2, 0) is 11.2 Å². The fourth-order valence-corrected chi connectivity index (χ4v) is 2.85. The van der Waals surface area contributed by atoms with Crippen LogP contribution in [0.2, 0.25) is 0 Å². The van der Waals surface area contributed by atoms with Crippen LogP contribution >= 0.6 is 0 Å². The molecule has 18 heavy (non-hydrogen) atoms. The van der Waals surface area contributed by atoms with Gasteiger partial charge in [-0.05, 0) is 31.4 Å². The first-order valence-corrected chi connectivity index (χ1v) is 6.94. The molecule has 0 amide bonds. The SMILES string of the molecule is COC1CC(NCCCc2ccccc2)C1(C)C. The molecule has 0 heterocycles. The van der Waals surface area contributed by atoms with E-state index in [0.717, 1.165) is 19.4 Å².